The first kappa shape index (κ1) is 22.1. The van der Waals surface area contributed by atoms with Crippen molar-refractivity contribution in [2.24, 2.45) is 0 Å². The largest absolute Gasteiger partial charge is 0.417 e. The third-order valence-corrected chi connectivity index (χ3v) is 5.30. The van der Waals surface area contributed by atoms with Crippen molar-refractivity contribution in [1.82, 2.24) is 9.88 Å². The Labute approximate surface area is 177 Å². The molecule has 0 bridgehead atoms. The van der Waals surface area contributed by atoms with E-state index >= 15 is 0 Å². The van der Waals surface area contributed by atoms with E-state index in [1.807, 2.05) is 19.1 Å². The van der Waals surface area contributed by atoms with E-state index in [2.05, 4.69) is 4.98 Å². The highest BCUT2D eigenvalue weighted by molar-refractivity contribution is 6.33. The van der Waals surface area contributed by atoms with Gasteiger partial charge in [0.05, 0.1) is 10.6 Å². The number of piperazine rings is 1. The smallest absolute Gasteiger partial charge is 0.352 e. The molecule has 1 amide bonds. The van der Waals surface area contributed by atoms with Crippen molar-refractivity contribution < 1.29 is 22.8 Å². The Morgan fingerprint density at radius 1 is 1.07 bits per heavy atom. The molecule has 0 aliphatic carbocycles. The van der Waals surface area contributed by atoms with Gasteiger partial charge in [0, 0.05) is 50.8 Å². The predicted molar refractivity (Wildman–Crippen MR) is 108 cm³/mol. The lowest BCUT2D eigenvalue weighted by Crippen LogP contribution is -2.49. The quantitative estimate of drug-likeness (QED) is 0.649. The fraction of sp³-hybridized carbons (Fsp3) is 0.381. The molecule has 1 aromatic heterocycles. The van der Waals surface area contributed by atoms with Gasteiger partial charge >= 0.3 is 6.18 Å². The van der Waals surface area contributed by atoms with Crippen LogP contribution >= 0.6 is 11.6 Å². The zero-order valence-corrected chi connectivity index (χ0v) is 17.1. The molecule has 9 heteroatoms. The average Bonchev–Trinajstić information content (AvgIpc) is 2.71. The first-order valence-corrected chi connectivity index (χ1v) is 9.88. The van der Waals surface area contributed by atoms with E-state index < -0.39 is 11.7 Å². The van der Waals surface area contributed by atoms with Gasteiger partial charge in [-0.2, -0.15) is 13.2 Å². The highest BCUT2D eigenvalue weighted by atomic mass is 35.5. The average molecular weight is 440 g/mol. The van der Waals surface area contributed by atoms with Gasteiger partial charge in [-0.05, 0) is 13.0 Å². The van der Waals surface area contributed by atoms with Crippen molar-refractivity contribution in [2.75, 3.05) is 31.1 Å². The van der Waals surface area contributed by atoms with Crippen LogP contribution in [0.2, 0.25) is 5.02 Å². The van der Waals surface area contributed by atoms with Gasteiger partial charge in [0.1, 0.15) is 5.82 Å². The van der Waals surface area contributed by atoms with E-state index in [0.29, 0.717) is 31.7 Å². The van der Waals surface area contributed by atoms with E-state index in [0.717, 1.165) is 17.8 Å². The Hall–Kier alpha value is -2.61. The van der Waals surface area contributed by atoms with Crippen LogP contribution in [0.3, 0.4) is 0 Å². The Morgan fingerprint density at radius 2 is 1.70 bits per heavy atom. The summed E-state index contributed by atoms with van der Waals surface area (Å²) in [6.45, 7) is 3.50. The number of amides is 1. The first-order valence-electron chi connectivity index (χ1n) is 9.50. The zero-order chi connectivity index (χ0) is 21.9. The lowest BCUT2D eigenvalue weighted by atomic mass is 10.0. The predicted octanol–water partition coefficient (Wildman–Crippen LogP) is 4.37. The molecule has 0 spiro atoms. The molecule has 0 saturated carbocycles. The lowest BCUT2D eigenvalue weighted by molar-refractivity contribution is -0.137. The minimum Gasteiger partial charge on any atom is -0.352 e. The molecule has 3 rings (SSSR count). The number of hydrogen-bond donors (Lipinski definition) is 0. The third kappa shape index (κ3) is 5.30. The molecule has 30 heavy (non-hydrogen) atoms. The summed E-state index contributed by atoms with van der Waals surface area (Å²) in [5.41, 5.74) is 0.743. The molecule has 1 aliphatic rings. The maximum absolute atomic E-state index is 12.8. The molecule has 1 aliphatic heterocycles. The molecule has 160 valence electrons. The van der Waals surface area contributed by atoms with Gasteiger partial charge in [-0.15, -0.1) is 0 Å². The second kappa shape index (κ2) is 9.04. The Kier molecular flexibility index (Phi) is 6.65. The van der Waals surface area contributed by atoms with Crippen molar-refractivity contribution in [3.8, 4) is 0 Å². The van der Waals surface area contributed by atoms with E-state index in [1.165, 1.54) is 0 Å². The number of aryl methyl sites for hydroxylation is 1. The summed E-state index contributed by atoms with van der Waals surface area (Å²) < 4.78 is 38.3. The molecular formula is C21H21ClF3N3O2. The number of ketones is 1. The Bertz CT molecular complexity index is 924. The summed E-state index contributed by atoms with van der Waals surface area (Å²) >= 11 is 6.00. The number of rotatable bonds is 5. The molecule has 0 radical (unpaired) electrons. The maximum atomic E-state index is 12.8. The summed E-state index contributed by atoms with van der Waals surface area (Å²) in [4.78, 5) is 31.9. The number of hydrogen-bond acceptors (Lipinski definition) is 4. The van der Waals surface area contributed by atoms with Gasteiger partial charge in [0.2, 0.25) is 5.91 Å². The van der Waals surface area contributed by atoms with Gasteiger partial charge in [-0.25, -0.2) is 4.98 Å². The van der Waals surface area contributed by atoms with E-state index in [1.54, 1.807) is 21.9 Å². The number of aromatic nitrogens is 1. The number of anilines is 1. The van der Waals surface area contributed by atoms with Crippen LogP contribution in [0.4, 0.5) is 19.0 Å². The van der Waals surface area contributed by atoms with Crippen LogP contribution < -0.4 is 4.90 Å². The minimum absolute atomic E-state index is 0.0757. The number of alkyl halides is 3. The first-order chi connectivity index (χ1) is 14.1. The molecule has 1 saturated heterocycles. The van der Waals surface area contributed by atoms with Gasteiger partial charge in [-0.3, -0.25) is 9.59 Å². The number of Topliss-reactive ketones (excluding diaryl/α,β-unsaturated/α-hetero) is 1. The molecule has 1 aromatic carbocycles. The van der Waals surface area contributed by atoms with Crippen LogP contribution in [0.1, 0.15) is 34.3 Å². The highest BCUT2D eigenvalue weighted by Crippen LogP contribution is 2.33. The Balaban J connectivity index is 1.52. The normalized spacial score (nSPS) is 14.7. The Morgan fingerprint density at radius 3 is 2.27 bits per heavy atom. The van der Waals surface area contributed by atoms with Gasteiger partial charge < -0.3 is 9.80 Å². The summed E-state index contributed by atoms with van der Waals surface area (Å²) in [5.74, 6) is 0.0654. The maximum Gasteiger partial charge on any atom is 0.417 e. The summed E-state index contributed by atoms with van der Waals surface area (Å²) in [7, 11) is 0. The standard InChI is InChI=1S/C21H21ClF3N3O2/c1-14-2-4-15(5-3-14)18(29)6-7-19(30)27-8-10-28(11-9-27)20-17(22)12-16(13-26-20)21(23,24)25/h2-5,12-13H,6-11H2,1H3. The second-order valence-electron chi connectivity index (χ2n) is 7.18. The lowest BCUT2D eigenvalue weighted by Gasteiger charge is -2.35. The van der Waals surface area contributed by atoms with Crippen LogP contribution in [0.25, 0.3) is 0 Å². The van der Waals surface area contributed by atoms with Crippen LogP contribution in [0.15, 0.2) is 36.5 Å². The van der Waals surface area contributed by atoms with Crippen LogP contribution in [-0.2, 0) is 11.0 Å². The van der Waals surface area contributed by atoms with E-state index in [9.17, 15) is 22.8 Å². The van der Waals surface area contributed by atoms with Crippen molar-refractivity contribution in [1.29, 1.82) is 0 Å². The number of pyridine rings is 1. The van der Waals surface area contributed by atoms with E-state index in [4.69, 9.17) is 11.6 Å². The van der Waals surface area contributed by atoms with Gasteiger partial charge in [0.25, 0.3) is 0 Å². The summed E-state index contributed by atoms with van der Waals surface area (Å²) in [5, 5.41) is -0.0757. The zero-order valence-electron chi connectivity index (χ0n) is 16.4. The van der Waals surface area contributed by atoms with Crippen molar-refractivity contribution in [2.45, 2.75) is 25.9 Å². The number of carbonyl (C=O) groups excluding carboxylic acids is 2. The SMILES string of the molecule is Cc1ccc(C(=O)CCC(=O)N2CCN(c3ncc(C(F)(F)F)cc3Cl)CC2)cc1. The fourth-order valence-electron chi connectivity index (χ4n) is 3.25. The molecule has 1 fully saturated rings. The second-order valence-corrected chi connectivity index (χ2v) is 7.59. The molecular weight excluding hydrogens is 419 g/mol. The number of carbonyl (C=O) groups is 2. The monoisotopic (exact) mass is 439 g/mol. The molecule has 0 atom stereocenters. The molecule has 2 heterocycles. The molecule has 2 aromatic rings. The van der Waals surface area contributed by atoms with Crippen molar-refractivity contribution >= 4 is 29.1 Å². The summed E-state index contributed by atoms with van der Waals surface area (Å²) in [6, 6.07) is 8.07. The topological polar surface area (TPSA) is 53.5 Å². The van der Waals surface area contributed by atoms with Crippen molar-refractivity contribution in [3.05, 3.63) is 58.2 Å². The molecule has 0 unspecified atom stereocenters. The molecule has 5 nitrogen and oxygen atoms in total. The fourth-order valence-corrected chi connectivity index (χ4v) is 3.53. The van der Waals surface area contributed by atoms with Crippen LogP contribution in [0.5, 0.6) is 0 Å². The number of halogens is 4. The highest BCUT2D eigenvalue weighted by Gasteiger charge is 2.32. The number of benzene rings is 1. The van der Waals surface area contributed by atoms with Crippen LogP contribution in [0, 0.1) is 6.92 Å². The molecule has 0 N–H and O–H groups in total. The third-order valence-electron chi connectivity index (χ3n) is 5.02. The van der Waals surface area contributed by atoms with Crippen LogP contribution in [-0.4, -0.2) is 47.8 Å². The van der Waals surface area contributed by atoms with Crippen molar-refractivity contribution in [3.63, 3.8) is 0 Å². The van der Waals surface area contributed by atoms with Gasteiger partial charge in [0.15, 0.2) is 5.78 Å². The number of nitrogens with zero attached hydrogens (tertiary/aromatic N) is 3. The minimum atomic E-state index is -4.50. The van der Waals surface area contributed by atoms with Gasteiger partial charge in [-0.1, -0.05) is 41.4 Å². The van der Waals surface area contributed by atoms with E-state index in [-0.39, 0.29) is 35.4 Å². The summed E-state index contributed by atoms with van der Waals surface area (Å²) in [6.07, 6.45) is -3.49.